The summed E-state index contributed by atoms with van der Waals surface area (Å²) >= 11 is 0. The van der Waals surface area contributed by atoms with Crippen LogP contribution in [0.3, 0.4) is 0 Å². The zero-order valence-corrected chi connectivity index (χ0v) is 10.1. The second-order valence-corrected chi connectivity index (χ2v) is 4.81. The highest BCUT2D eigenvalue weighted by atomic mass is 16.4. The monoisotopic (exact) mass is 229 g/mol. The molecule has 0 bridgehead atoms. The van der Waals surface area contributed by atoms with Crippen molar-refractivity contribution in [1.82, 2.24) is 4.90 Å². The second-order valence-electron chi connectivity index (χ2n) is 4.81. The van der Waals surface area contributed by atoms with Gasteiger partial charge in [0.25, 0.3) is 0 Å². The minimum atomic E-state index is -0.817. The van der Waals surface area contributed by atoms with E-state index in [1.54, 1.807) is 0 Å². The van der Waals surface area contributed by atoms with Crippen molar-refractivity contribution in [2.75, 3.05) is 19.6 Å². The van der Waals surface area contributed by atoms with Gasteiger partial charge in [-0.05, 0) is 45.2 Å². The summed E-state index contributed by atoms with van der Waals surface area (Å²) in [4.78, 5) is 12.9. The highest BCUT2D eigenvalue weighted by molar-refractivity contribution is 5.66. The third-order valence-electron chi connectivity index (χ3n) is 3.35. The fraction of sp³-hybridized carbons (Fsp3) is 0.917. The molecular formula is C12H23NO3. The Morgan fingerprint density at radius 3 is 2.75 bits per heavy atom. The minimum Gasteiger partial charge on any atom is -0.481 e. The molecule has 4 heteroatoms. The summed E-state index contributed by atoms with van der Waals surface area (Å²) in [5.74, 6) is -0.817. The molecule has 0 saturated carbocycles. The molecule has 1 aliphatic rings. The van der Waals surface area contributed by atoms with Crippen LogP contribution in [0, 0.1) is 0 Å². The Bertz CT molecular complexity index is 232. The van der Waals surface area contributed by atoms with E-state index in [0.717, 1.165) is 38.9 Å². The Balaban J connectivity index is 2.40. The van der Waals surface area contributed by atoms with E-state index < -0.39 is 11.6 Å². The lowest BCUT2D eigenvalue weighted by Crippen LogP contribution is -2.32. The molecule has 0 aromatic heterocycles. The summed E-state index contributed by atoms with van der Waals surface area (Å²) in [6.45, 7) is 5.16. The highest BCUT2D eigenvalue weighted by Gasteiger charge is 2.30. The predicted molar refractivity (Wildman–Crippen MR) is 62.4 cm³/mol. The lowest BCUT2D eigenvalue weighted by Gasteiger charge is -2.26. The van der Waals surface area contributed by atoms with E-state index in [-0.39, 0.29) is 6.42 Å². The van der Waals surface area contributed by atoms with Crippen LogP contribution in [0.5, 0.6) is 0 Å². The molecule has 0 aliphatic carbocycles. The molecule has 1 saturated heterocycles. The van der Waals surface area contributed by atoms with Crippen molar-refractivity contribution >= 4 is 5.97 Å². The quantitative estimate of drug-likeness (QED) is 0.749. The fourth-order valence-electron chi connectivity index (χ4n) is 2.36. The average Bonchev–Trinajstić information content (AvgIpc) is 2.40. The van der Waals surface area contributed by atoms with Gasteiger partial charge in [-0.2, -0.15) is 0 Å². The first-order valence-electron chi connectivity index (χ1n) is 6.22. The van der Waals surface area contributed by atoms with E-state index in [9.17, 15) is 9.90 Å². The number of likely N-dealkylation sites (tertiary alicyclic amines) is 1. The molecule has 1 atom stereocenters. The van der Waals surface area contributed by atoms with Crippen molar-refractivity contribution in [2.45, 2.75) is 51.0 Å². The van der Waals surface area contributed by atoms with Gasteiger partial charge in [0.2, 0.25) is 0 Å². The van der Waals surface area contributed by atoms with Crippen LogP contribution in [0.1, 0.15) is 45.4 Å². The van der Waals surface area contributed by atoms with E-state index >= 15 is 0 Å². The normalized spacial score (nSPS) is 27.6. The van der Waals surface area contributed by atoms with Crippen molar-refractivity contribution in [3.8, 4) is 0 Å². The number of rotatable bonds is 5. The van der Waals surface area contributed by atoms with E-state index in [4.69, 9.17) is 5.11 Å². The van der Waals surface area contributed by atoms with Crippen molar-refractivity contribution in [3.63, 3.8) is 0 Å². The number of hydrogen-bond donors (Lipinski definition) is 2. The van der Waals surface area contributed by atoms with Gasteiger partial charge >= 0.3 is 5.97 Å². The van der Waals surface area contributed by atoms with Gasteiger partial charge < -0.3 is 15.1 Å². The third kappa shape index (κ3) is 4.49. The lowest BCUT2D eigenvalue weighted by atomic mass is 9.90. The minimum absolute atomic E-state index is 0.0737. The number of carboxylic acid groups (broad SMARTS) is 1. The molecule has 1 heterocycles. The third-order valence-corrected chi connectivity index (χ3v) is 3.35. The number of carboxylic acids is 1. The number of hydrogen-bond acceptors (Lipinski definition) is 3. The molecule has 94 valence electrons. The summed E-state index contributed by atoms with van der Waals surface area (Å²) < 4.78 is 0. The molecule has 4 nitrogen and oxygen atoms in total. The van der Waals surface area contributed by atoms with Gasteiger partial charge in [-0.1, -0.05) is 6.92 Å². The smallest absolute Gasteiger partial charge is 0.303 e. The van der Waals surface area contributed by atoms with Gasteiger partial charge in [0.1, 0.15) is 0 Å². The van der Waals surface area contributed by atoms with Crippen LogP contribution in [0.25, 0.3) is 0 Å². The Morgan fingerprint density at radius 2 is 2.12 bits per heavy atom. The SMILES string of the molecule is CCCN1CCCC(O)(CCC(=O)O)CC1. The summed E-state index contributed by atoms with van der Waals surface area (Å²) in [6.07, 6.45) is 4.01. The number of carbonyl (C=O) groups is 1. The van der Waals surface area contributed by atoms with Gasteiger partial charge in [0.15, 0.2) is 0 Å². The van der Waals surface area contributed by atoms with E-state index in [2.05, 4.69) is 11.8 Å². The van der Waals surface area contributed by atoms with Crippen LogP contribution in [-0.2, 0) is 4.79 Å². The van der Waals surface area contributed by atoms with E-state index in [1.807, 2.05) is 0 Å². The summed E-state index contributed by atoms with van der Waals surface area (Å²) in [5, 5.41) is 18.9. The van der Waals surface area contributed by atoms with Crippen LogP contribution in [-0.4, -0.2) is 46.3 Å². The topological polar surface area (TPSA) is 60.8 Å². The van der Waals surface area contributed by atoms with E-state index in [0.29, 0.717) is 12.8 Å². The summed E-state index contributed by atoms with van der Waals surface area (Å²) in [7, 11) is 0. The number of aliphatic carboxylic acids is 1. The maximum atomic E-state index is 10.5. The molecule has 2 N–H and O–H groups in total. The van der Waals surface area contributed by atoms with Crippen molar-refractivity contribution in [3.05, 3.63) is 0 Å². The average molecular weight is 229 g/mol. The Labute approximate surface area is 97.3 Å². The van der Waals surface area contributed by atoms with Gasteiger partial charge in [0.05, 0.1) is 5.60 Å². The second kappa shape index (κ2) is 6.21. The Hall–Kier alpha value is -0.610. The van der Waals surface area contributed by atoms with Crippen LogP contribution in [0.4, 0.5) is 0 Å². The zero-order valence-electron chi connectivity index (χ0n) is 10.1. The maximum absolute atomic E-state index is 10.5. The Morgan fingerprint density at radius 1 is 1.38 bits per heavy atom. The highest BCUT2D eigenvalue weighted by Crippen LogP contribution is 2.27. The summed E-state index contributed by atoms with van der Waals surface area (Å²) in [5.41, 5.74) is -0.749. The molecule has 0 amide bonds. The molecule has 0 aromatic rings. The number of aliphatic hydroxyl groups is 1. The first-order chi connectivity index (χ1) is 7.56. The Kier molecular flexibility index (Phi) is 5.22. The zero-order chi connectivity index (χ0) is 12.0. The molecule has 0 spiro atoms. The van der Waals surface area contributed by atoms with Gasteiger partial charge in [0, 0.05) is 13.0 Å². The fourth-order valence-corrected chi connectivity index (χ4v) is 2.36. The molecular weight excluding hydrogens is 206 g/mol. The van der Waals surface area contributed by atoms with Gasteiger partial charge in [-0.3, -0.25) is 4.79 Å². The predicted octanol–water partition coefficient (Wildman–Crippen LogP) is 1.48. The van der Waals surface area contributed by atoms with Crippen LogP contribution in [0.2, 0.25) is 0 Å². The molecule has 1 rings (SSSR count). The molecule has 1 unspecified atom stereocenters. The molecule has 0 aromatic carbocycles. The maximum Gasteiger partial charge on any atom is 0.303 e. The lowest BCUT2D eigenvalue weighted by molar-refractivity contribution is -0.138. The molecule has 0 radical (unpaired) electrons. The largest absolute Gasteiger partial charge is 0.481 e. The number of nitrogens with zero attached hydrogens (tertiary/aromatic N) is 1. The molecule has 1 aliphatic heterocycles. The first-order valence-corrected chi connectivity index (χ1v) is 6.22. The van der Waals surface area contributed by atoms with E-state index in [1.165, 1.54) is 0 Å². The first kappa shape index (κ1) is 13.5. The van der Waals surface area contributed by atoms with Crippen LogP contribution < -0.4 is 0 Å². The van der Waals surface area contributed by atoms with Gasteiger partial charge in [-0.15, -0.1) is 0 Å². The van der Waals surface area contributed by atoms with Crippen molar-refractivity contribution in [1.29, 1.82) is 0 Å². The molecule has 16 heavy (non-hydrogen) atoms. The van der Waals surface area contributed by atoms with Crippen molar-refractivity contribution in [2.24, 2.45) is 0 Å². The standard InChI is InChI=1S/C12H23NO3/c1-2-8-13-9-3-5-12(16,7-10-13)6-4-11(14)15/h16H,2-10H2,1H3,(H,14,15). The van der Waals surface area contributed by atoms with Crippen LogP contribution in [0.15, 0.2) is 0 Å². The molecule has 1 fully saturated rings. The summed E-state index contributed by atoms with van der Waals surface area (Å²) in [6, 6.07) is 0. The van der Waals surface area contributed by atoms with Gasteiger partial charge in [-0.25, -0.2) is 0 Å². The van der Waals surface area contributed by atoms with Crippen molar-refractivity contribution < 1.29 is 15.0 Å². The van der Waals surface area contributed by atoms with Crippen LogP contribution >= 0.6 is 0 Å².